The van der Waals surface area contributed by atoms with E-state index in [-0.39, 0.29) is 36.2 Å². The number of hydrogen-bond donors (Lipinski definition) is 3. The topological polar surface area (TPSA) is 144 Å². The van der Waals surface area contributed by atoms with Gasteiger partial charge in [0.2, 0.25) is 17.7 Å². The minimum absolute atomic E-state index is 0.137. The highest BCUT2D eigenvalue weighted by atomic mass is 16.3. The van der Waals surface area contributed by atoms with Gasteiger partial charge in [-0.05, 0) is 46.5 Å². The first-order chi connectivity index (χ1) is 15.5. The van der Waals surface area contributed by atoms with Gasteiger partial charge in [-0.2, -0.15) is 0 Å². The van der Waals surface area contributed by atoms with E-state index in [1.165, 1.54) is 30.6 Å². The number of nitrogens with zero attached hydrogens (tertiary/aromatic N) is 2. The van der Waals surface area contributed by atoms with E-state index >= 15 is 0 Å². The molecular formula is C23H37N3O7. The Labute approximate surface area is 194 Å². The van der Waals surface area contributed by atoms with Gasteiger partial charge in [-0.1, -0.05) is 6.92 Å². The lowest BCUT2D eigenvalue weighted by Gasteiger charge is -2.33. The van der Waals surface area contributed by atoms with E-state index in [9.17, 15) is 34.2 Å². The fourth-order valence-electron chi connectivity index (χ4n) is 4.69. The SMILES string of the molecule is CCC(=O)N[C@H](C(=O)N1CCC[C@H]1C(=O)N1CCC[C@H]1C(=O)C[C@H](C(C)=O)[C@@H](C)O)[C@@H](C)O. The number of carbonyl (C=O) groups is 5. The van der Waals surface area contributed by atoms with Crippen LogP contribution in [0.2, 0.25) is 0 Å². The summed E-state index contributed by atoms with van der Waals surface area (Å²) >= 11 is 0. The van der Waals surface area contributed by atoms with Crippen molar-refractivity contribution in [2.45, 2.75) is 96.6 Å². The second-order valence-corrected chi connectivity index (χ2v) is 9.15. The molecule has 3 N–H and O–H groups in total. The van der Waals surface area contributed by atoms with Crippen molar-refractivity contribution >= 4 is 29.3 Å². The average molecular weight is 468 g/mol. The molecule has 0 bridgehead atoms. The Hall–Kier alpha value is -2.33. The van der Waals surface area contributed by atoms with Crippen molar-refractivity contribution in [3.63, 3.8) is 0 Å². The van der Waals surface area contributed by atoms with Crippen LogP contribution >= 0.6 is 0 Å². The van der Waals surface area contributed by atoms with E-state index in [1.54, 1.807) is 6.92 Å². The van der Waals surface area contributed by atoms with Crippen LogP contribution in [-0.4, -0.2) is 92.7 Å². The van der Waals surface area contributed by atoms with Crippen LogP contribution in [0, 0.1) is 5.92 Å². The van der Waals surface area contributed by atoms with Crippen LogP contribution in [0.1, 0.15) is 66.2 Å². The molecule has 0 radical (unpaired) electrons. The lowest BCUT2D eigenvalue weighted by Crippen LogP contribution is -2.58. The molecule has 3 amide bonds. The van der Waals surface area contributed by atoms with Gasteiger partial charge in [0.05, 0.1) is 18.2 Å². The molecule has 33 heavy (non-hydrogen) atoms. The minimum Gasteiger partial charge on any atom is -0.393 e. The first-order valence-electron chi connectivity index (χ1n) is 11.8. The molecule has 2 fully saturated rings. The summed E-state index contributed by atoms with van der Waals surface area (Å²) in [6.45, 7) is 6.55. The van der Waals surface area contributed by atoms with Gasteiger partial charge >= 0.3 is 0 Å². The monoisotopic (exact) mass is 467 g/mol. The van der Waals surface area contributed by atoms with Gasteiger partial charge in [0.1, 0.15) is 17.9 Å². The normalized spacial score (nSPS) is 24.2. The van der Waals surface area contributed by atoms with E-state index < -0.39 is 42.2 Å². The zero-order valence-corrected chi connectivity index (χ0v) is 20.0. The summed E-state index contributed by atoms with van der Waals surface area (Å²) in [7, 11) is 0. The maximum absolute atomic E-state index is 13.4. The fourth-order valence-corrected chi connectivity index (χ4v) is 4.69. The number of aliphatic hydroxyl groups is 2. The Morgan fingerprint density at radius 2 is 1.52 bits per heavy atom. The van der Waals surface area contributed by atoms with E-state index in [4.69, 9.17) is 0 Å². The summed E-state index contributed by atoms with van der Waals surface area (Å²) in [6, 6.07) is -2.61. The quantitative estimate of drug-likeness (QED) is 0.403. The zero-order valence-electron chi connectivity index (χ0n) is 20.0. The minimum atomic E-state index is -1.15. The molecule has 0 saturated carbocycles. The van der Waals surface area contributed by atoms with Crippen molar-refractivity contribution in [3.8, 4) is 0 Å². The zero-order chi connectivity index (χ0) is 24.9. The number of carbonyl (C=O) groups excluding carboxylic acids is 5. The van der Waals surface area contributed by atoms with Crippen molar-refractivity contribution in [1.82, 2.24) is 15.1 Å². The lowest BCUT2D eigenvalue weighted by molar-refractivity contribution is -0.149. The Balaban J connectivity index is 2.15. The molecule has 2 aliphatic rings. The summed E-state index contributed by atoms with van der Waals surface area (Å²) in [6.07, 6.45) is 0.0533. The van der Waals surface area contributed by atoms with Crippen molar-refractivity contribution in [2.24, 2.45) is 5.92 Å². The standard InChI is InChI=1S/C23H37N3O7/c1-5-20(31)24-21(15(4)29)23(33)26-11-7-9-18(26)22(32)25-10-6-8-17(25)19(30)12-16(13(2)27)14(3)28/h13,15-18,21,27,29H,5-12H2,1-4H3,(H,24,31)/t13-,15-,16+,17+,18+,21+/m1/s1. The number of rotatable bonds is 10. The molecule has 10 heteroatoms. The third-order valence-electron chi connectivity index (χ3n) is 6.64. The van der Waals surface area contributed by atoms with Crippen LogP contribution in [0.5, 0.6) is 0 Å². The molecule has 10 nitrogen and oxygen atoms in total. The third-order valence-corrected chi connectivity index (χ3v) is 6.64. The van der Waals surface area contributed by atoms with Gasteiger partial charge in [0.15, 0.2) is 5.78 Å². The molecule has 2 rings (SSSR count). The Kier molecular flexibility index (Phi) is 9.54. The van der Waals surface area contributed by atoms with Gasteiger partial charge in [-0.3, -0.25) is 24.0 Å². The summed E-state index contributed by atoms with van der Waals surface area (Å²) in [5, 5.41) is 22.4. The maximum Gasteiger partial charge on any atom is 0.248 e. The number of ketones is 2. The van der Waals surface area contributed by atoms with E-state index in [0.717, 1.165) is 0 Å². The number of Topliss-reactive ketones (excluding diaryl/α,β-unsaturated/α-hetero) is 2. The highest BCUT2D eigenvalue weighted by molar-refractivity contribution is 5.96. The number of likely N-dealkylation sites (tertiary alicyclic amines) is 2. The van der Waals surface area contributed by atoms with Gasteiger partial charge in [0.25, 0.3) is 0 Å². The first kappa shape index (κ1) is 26.9. The van der Waals surface area contributed by atoms with Gasteiger partial charge in [-0.15, -0.1) is 0 Å². The van der Waals surface area contributed by atoms with Crippen molar-refractivity contribution < 1.29 is 34.2 Å². The molecule has 0 aliphatic carbocycles. The summed E-state index contributed by atoms with van der Waals surface area (Å²) in [5.41, 5.74) is 0. The van der Waals surface area contributed by atoms with Crippen molar-refractivity contribution in [1.29, 1.82) is 0 Å². The summed E-state index contributed by atoms with van der Waals surface area (Å²) < 4.78 is 0. The molecule has 0 aromatic carbocycles. The predicted octanol–water partition coefficient (Wildman–Crippen LogP) is -0.211. The van der Waals surface area contributed by atoms with Gasteiger partial charge < -0.3 is 25.3 Å². The molecule has 6 atom stereocenters. The number of amides is 3. The number of aliphatic hydroxyl groups excluding tert-OH is 2. The Morgan fingerprint density at radius 3 is 2.03 bits per heavy atom. The smallest absolute Gasteiger partial charge is 0.248 e. The highest BCUT2D eigenvalue weighted by Gasteiger charge is 2.44. The fraction of sp³-hybridized carbons (Fsp3) is 0.783. The van der Waals surface area contributed by atoms with Crippen LogP contribution in [0.15, 0.2) is 0 Å². The molecule has 0 spiro atoms. The van der Waals surface area contributed by atoms with Crippen molar-refractivity contribution in [2.75, 3.05) is 13.1 Å². The Morgan fingerprint density at radius 1 is 0.939 bits per heavy atom. The summed E-state index contributed by atoms with van der Waals surface area (Å²) in [5.74, 6) is -2.59. The molecule has 2 saturated heterocycles. The van der Waals surface area contributed by atoms with Gasteiger partial charge in [-0.25, -0.2) is 0 Å². The van der Waals surface area contributed by atoms with Crippen LogP contribution in [0.4, 0.5) is 0 Å². The van der Waals surface area contributed by atoms with Crippen LogP contribution in [-0.2, 0) is 24.0 Å². The maximum atomic E-state index is 13.4. The molecular weight excluding hydrogens is 430 g/mol. The summed E-state index contributed by atoms with van der Waals surface area (Å²) in [4.78, 5) is 66.0. The van der Waals surface area contributed by atoms with Crippen LogP contribution < -0.4 is 5.32 Å². The molecule has 186 valence electrons. The molecule has 0 unspecified atom stereocenters. The number of hydrogen-bond acceptors (Lipinski definition) is 7. The second kappa shape index (κ2) is 11.7. The lowest BCUT2D eigenvalue weighted by atomic mass is 9.90. The first-order valence-corrected chi connectivity index (χ1v) is 11.8. The highest BCUT2D eigenvalue weighted by Crippen LogP contribution is 2.27. The van der Waals surface area contributed by atoms with Crippen LogP contribution in [0.3, 0.4) is 0 Å². The van der Waals surface area contributed by atoms with Crippen LogP contribution in [0.25, 0.3) is 0 Å². The molecule has 0 aromatic rings. The van der Waals surface area contributed by atoms with E-state index in [0.29, 0.717) is 38.8 Å². The second-order valence-electron chi connectivity index (χ2n) is 9.15. The average Bonchev–Trinajstić information content (AvgIpc) is 3.43. The van der Waals surface area contributed by atoms with E-state index in [2.05, 4.69) is 5.32 Å². The predicted molar refractivity (Wildman–Crippen MR) is 119 cm³/mol. The molecule has 2 aliphatic heterocycles. The third kappa shape index (κ3) is 6.38. The number of nitrogens with one attached hydrogen (secondary N) is 1. The van der Waals surface area contributed by atoms with Gasteiger partial charge in [0, 0.05) is 31.8 Å². The molecule has 0 aromatic heterocycles. The molecule has 2 heterocycles. The Bertz CT molecular complexity index is 767. The van der Waals surface area contributed by atoms with E-state index in [1.807, 2.05) is 0 Å². The largest absolute Gasteiger partial charge is 0.393 e. The van der Waals surface area contributed by atoms with Crippen molar-refractivity contribution in [3.05, 3.63) is 0 Å².